The summed E-state index contributed by atoms with van der Waals surface area (Å²) in [6.45, 7) is -0.317. The maximum atomic E-state index is 11.1. The number of nitrogens with two attached hydrogens (primary N) is 1. The van der Waals surface area contributed by atoms with Crippen LogP contribution in [0.25, 0.3) is 11.2 Å². The van der Waals surface area contributed by atoms with Crippen molar-refractivity contribution < 1.29 is 34.0 Å². The number of ether oxygens (including phenoxy) is 2. The number of hydrogen-bond donors (Lipinski definition) is 5. The van der Waals surface area contributed by atoms with E-state index in [0.29, 0.717) is 0 Å². The minimum Gasteiger partial charge on any atom is -0.388 e. The smallest absolute Gasteiger partial charge is 0.351 e. The summed E-state index contributed by atoms with van der Waals surface area (Å²) >= 11 is 0. The van der Waals surface area contributed by atoms with Crippen LogP contribution in [0.1, 0.15) is 0 Å². The molecule has 2 aromatic heterocycles. The van der Waals surface area contributed by atoms with Crippen molar-refractivity contribution >= 4 is 24.6 Å². The fraction of sp³-hybridized carbons (Fsp3) is 0.500. The number of aliphatic hydroxyl groups excluding tert-OH is 2. The van der Waals surface area contributed by atoms with Gasteiger partial charge < -0.3 is 35.2 Å². The molecule has 0 saturated carbocycles. The van der Waals surface area contributed by atoms with Gasteiger partial charge in [0.2, 0.25) is 0 Å². The van der Waals surface area contributed by atoms with Crippen molar-refractivity contribution in [2.75, 3.05) is 18.7 Å². The maximum Gasteiger partial charge on any atom is 0.351 e. The van der Waals surface area contributed by atoms with E-state index in [4.69, 9.17) is 25.0 Å². The van der Waals surface area contributed by atoms with E-state index in [2.05, 4.69) is 15.0 Å². The Morgan fingerprint density at radius 2 is 2.17 bits per heavy atom. The molecule has 1 fully saturated rings. The van der Waals surface area contributed by atoms with E-state index in [9.17, 15) is 14.8 Å². The molecule has 0 spiro atoms. The molecule has 3 rings (SSSR count). The number of nitrogen functional groups attached to an aromatic ring is 1. The second-order valence-corrected chi connectivity index (χ2v) is 6.53. The van der Waals surface area contributed by atoms with Gasteiger partial charge in [-0.25, -0.2) is 15.0 Å². The first-order chi connectivity index (χ1) is 10.7. The summed E-state index contributed by atoms with van der Waals surface area (Å²) < 4.78 is 22.7. The lowest BCUT2D eigenvalue weighted by atomic mass is 10.2. The van der Waals surface area contributed by atoms with E-state index in [0.717, 1.165) is 17.2 Å². The van der Waals surface area contributed by atoms with Crippen LogP contribution in [0, 0.1) is 0 Å². The van der Waals surface area contributed by atoms with Gasteiger partial charge in [-0.05, 0) is 0 Å². The Bertz CT molecular complexity index is 778. The fourth-order valence-electron chi connectivity index (χ4n) is 2.29. The topological polar surface area (TPSA) is 186 Å². The average molecular weight is 347 g/mol. The molecule has 126 valence electrons. The number of nitrogens with zero attached hydrogens (tertiary/aromatic N) is 4. The minimum atomic E-state index is -4.56. The minimum absolute atomic E-state index is 0.0620. The molecule has 23 heavy (non-hydrogen) atoms. The monoisotopic (exact) mass is 347 g/mol. The SMILES string of the molecule is Nc1ncnc2c1ncn2[C@]1(OCP(=O)(O)O)OC[C@@H](O)[C@H]1O. The van der Waals surface area contributed by atoms with Crippen LogP contribution >= 0.6 is 7.60 Å². The molecule has 0 aromatic carbocycles. The number of anilines is 1. The number of rotatable bonds is 4. The molecule has 0 bridgehead atoms. The van der Waals surface area contributed by atoms with Gasteiger partial charge in [0.25, 0.3) is 5.91 Å². The summed E-state index contributed by atoms with van der Waals surface area (Å²) in [7, 11) is -4.56. The summed E-state index contributed by atoms with van der Waals surface area (Å²) in [5, 5.41) is 20.0. The molecule has 1 aliphatic heterocycles. The third-order valence-corrected chi connectivity index (χ3v) is 3.80. The molecular formula is C10H14N5O7P. The van der Waals surface area contributed by atoms with Crippen molar-refractivity contribution in [1.82, 2.24) is 19.5 Å². The Balaban J connectivity index is 2.11. The zero-order valence-electron chi connectivity index (χ0n) is 11.6. The first-order valence-corrected chi connectivity index (χ1v) is 8.17. The third-order valence-electron chi connectivity index (χ3n) is 3.34. The second kappa shape index (κ2) is 5.46. The van der Waals surface area contributed by atoms with Crippen molar-refractivity contribution in [3.8, 4) is 0 Å². The lowest BCUT2D eigenvalue weighted by Crippen LogP contribution is -2.48. The van der Waals surface area contributed by atoms with Gasteiger partial charge in [-0.3, -0.25) is 9.13 Å². The first-order valence-electron chi connectivity index (χ1n) is 6.37. The molecule has 12 nitrogen and oxygen atoms in total. The summed E-state index contributed by atoms with van der Waals surface area (Å²) in [4.78, 5) is 29.7. The maximum absolute atomic E-state index is 11.1. The molecule has 13 heteroatoms. The predicted octanol–water partition coefficient (Wildman–Crippen LogP) is -2.08. The Morgan fingerprint density at radius 3 is 2.78 bits per heavy atom. The summed E-state index contributed by atoms with van der Waals surface area (Å²) in [5.41, 5.74) is 5.96. The van der Waals surface area contributed by atoms with Gasteiger partial charge >= 0.3 is 7.60 Å². The molecule has 0 amide bonds. The van der Waals surface area contributed by atoms with Gasteiger partial charge in [0.1, 0.15) is 24.3 Å². The largest absolute Gasteiger partial charge is 0.388 e. The van der Waals surface area contributed by atoms with E-state index >= 15 is 0 Å². The third kappa shape index (κ3) is 2.70. The van der Waals surface area contributed by atoms with Gasteiger partial charge in [-0.1, -0.05) is 0 Å². The molecule has 2 aromatic rings. The van der Waals surface area contributed by atoms with Crippen LogP contribution in [0.3, 0.4) is 0 Å². The molecule has 1 saturated heterocycles. The Kier molecular flexibility index (Phi) is 3.84. The normalized spacial score (nSPS) is 28.5. The second-order valence-electron chi connectivity index (χ2n) is 4.94. The van der Waals surface area contributed by atoms with Crippen molar-refractivity contribution in [2.24, 2.45) is 0 Å². The Hall–Kier alpha value is -1.66. The van der Waals surface area contributed by atoms with E-state index in [-0.39, 0.29) is 23.6 Å². The van der Waals surface area contributed by atoms with Crippen LogP contribution in [0.4, 0.5) is 5.82 Å². The fourth-order valence-corrected chi connectivity index (χ4v) is 2.64. The van der Waals surface area contributed by atoms with Crippen LogP contribution in [0.2, 0.25) is 0 Å². The number of aliphatic hydroxyl groups is 2. The average Bonchev–Trinajstić information content (AvgIpc) is 3.02. The van der Waals surface area contributed by atoms with Crippen molar-refractivity contribution in [3.63, 3.8) is 0 Å². The quantitative estimate of drug-likeness (QED) is 0.382. The number of fused-ring (bicyclic) bond motifs is 1. The molecule has 3 heterocycles. The zero-order chi connectivity index (χ0) is 16.8. The molecule has 6 N–H and O–H groups in total. The van der Waals surface area contributed by atoms with E-state index in [1.54, 1.807) is 0 Å². The predicted molar refractivity (Wildman–Crippen MR) is 73.7 cm³/mol. The van der Waals surface area contributed by atoms with Gasteiger partial charge in [0.05, 0.1) is 6.61 Å². The van der Waals surface area contributed by atoms with Gasteiger partial charge in [-0.2, -0.15) is 0 Å². The molecule has 0 radical (unpaired) electrons. The Labute approximate surface area is 128 Å². The van der Waals surface area contributed by atoms with E-state index in [1.807, 2.05) is 0 Å². The summed E-state index contributed by atoms with van der Waals surface area (Å²) in [5.74, 6) is -2.04. The number of aromatic nitrogens is 4. The summed E-state index contributed by atoms with van der Waals surface area (Å²) in [6, 6.07) is 0. The highest BCUT2D eigenvalue weighted by molar-refractivity contribution is 7.51. The highest BCUT2D eigenvalue weighted by Gasteiger charge is 2.54. The molecule has 0 unspecified atom stereocenters. The molecule has 1 aliphatic rings. The van der Waals surface area contributed by atoms with Crippen LogP contribution in [-0.4, -0.2) is 64.7 Å². The summed E-state index contributed by atoms with van der Waals surface area (Å²) in [6.07, 6.45) is -1.70. The number of hydrogen-bond acceptors (Lipinski definition) is 9. The highest BCUT2D eigenvalue weighted by atomic mass is 31.2. The lowest BCUT2D eigenvalue weighted by molar-refractivity contribution is -0.296. The lowest BCUT2D eigenvalue weighted by Gasteiger charge is -2.32. The van der Waals surface area contributed by atoms with E-state index in [1.165, 1.54) is 0 Å². The first kappa shape index (κ1) is 16.2. The van der Waals surface area contributed by atoms with Gasteiger partial charge in [0, 0.05) is 0 Å². The van der Waals surface area contributed by atoms with Crippen molar-refractivity contribution in [2.45, 2.75) is 18.1 Å². The van der Waals surface area contributed by atoms with Crippen LogP contribution < -0.4 is 5.73 Å². The van der Waals surface area contributed by atoms with Crippen LogP contribution in [0.5, 0.6) is 0 Å². The Morgan fingerprint density at radius 1 is 1.43 bits per heavy atom. The van der Waals surface area contributed by atoms with Gasteiger partial charge in [0.15, 0.2) is 23.9 Å². The molecular weight excluding hydrogens is 333 g/mol. The zero-order valence-corrected chi connectivity index (χ0v) is 12.4. The van der Waals surface area contributed by atoms with E-state index < -0.39 is 32.1 Å². The van der Waals surface area contributed by atoms with Crippen LogP contribution in [0.15, 0.2) is 12.7 Å². The standard InChI is InChI=1S/C10H14N5O7P/c11-8-6-9(13-2-12-8)15(3-14-6)10(22-4-23(18,19)20)7(17)5(16)1-21-10/h2-3,5,7,16-17H,1,4H2,(H2,11,12,13)(H2,18,19,20)/t5-,7-,10+/m1/s1. The van der Waals surface area contributed by atoms with Crippen molar-refractivity contribution in [1.29, 1.82) is 0 Å². The molecule has 3 atom stereocenters. The number of imidazole rings is 1. The van der Waals surface area contributed by atoms with Crippen LogP contribution in [-0.2, 0) is 19.9 Å². The van der Waals surface area contributed by atoms with Gasteiger partial charge in [-0.15, -0.1) is 0 Å². The highest BCUT2D eigenvalue weighted by Crippen LogP contribution is 2.41. The molecule has 0 aliphatic carbocycles. The van der Waals surface area contributed by atoms with Crippen molar-refractivity contribution in [3.05, 3.63) is 12.7 Å².